The van der Waals surface area contributed by atoms with Crippen LogP contribution in [0.1, 0.15) is 19.8 Å². The summed E-state index contributed by atoms with van der Waals surface area (Å²) in [6.45, 7) is 3.43. The number of hydrogen-bond donors (Lipinski definition) is 3. The Hall–Kier alpha value is -1.86. The first-order valence-electron chi connectivity index (χ1n) is 7.13. The molecule has 1 rings (SSSR count). The average molecular weight is 297 g/mol. The quantitative estimate of drug-likeness (QED) is 0.448. The molecule has 7 heteroatoms. The number of nitro benzene ring substituents is 1. The van der Waals surface area contributed by atoms with Gasteiger partial charge in [-0.1, -0.05) is 13.3 Å². The molecule has 0 atom stereocenters. The lowest BCUT2D eigenvalue weighted by atomic mass is 10.2. The molecular formula is C14H23N3O4. The molecule has 0 radical (unpaired) electrons. The van der Waals surface area contributed by atoms with E-state index in [1.807, 2.05) is 4.90 Å². The third-order valence-corrected chi connectivity index (χ3v) is 3.12. The van der Waals surface area contributed by atoms with Crippen LogP contribution in [0.2, 0.25) is 0 Å². The molecular weight excluding hydrogens is 274 g/mol. The second-order valence-corrected chi connectivity index (χ2v) is 4.67. The average Bonchev–Trinajstić information content (AvgIpc) is 2.49. The predicted octanol–water partition coefficient (Wildman–Crippen LogP) is 1.60. The smallest absolute Gasteiger partial charge is 0.294 e. The first-order valence-corrected chi connectivity index (χ1v) is 7.13. The van der Waals surface area contributed by atoms with E-state index in [9.17, 15) is 10.1 Å². The minimum Gasteiger partial charge on any atom is -0.395 e. The van der Waals surface area contributed by atoms with Gasteiger partial charge in [-0.15, -0.1) is 0 Å². The molecule has 0 heterocycles. The summed E-state index contributed by atoms with van der Waals surface area (Å²) in [6.07, 6.45) is 1.97. The molecule has 0 aliphatic carbocycles. The standard InChI is InChI=1S/C14H23N3O4/c1-2-3-7-16(8-10-19)12-4-5-13(15-6-9-18)14(11-12)17(20)21/h4-5,11,15,18-19H,2-3,6-10H2,1H3. The molecule has 0 aromatic heterocycles. The van der Waals surface area contributed by atoms with Crippen molar-refractivity contribution < 1.29 is 15.1 Å². The van der Waals surface area contributed by atoms with Crippen molar-refractivity contribution in [1.29, 1.82) is 0 Å². The number of rotatable bonds is 10. The Morgan fingerprint density at radius 1 is 1.29 bits per heavy atom. The van der Waals surface area contributed by atoms with Gasteiger partial charge in [0, 0.05) is 31.4 Å². The van der Waals surface area contributed by atoms with E-state index >= 15 is 0 Å². The van der Waals surface area contributed by atoms with Gasteiger partial charge in [0.15, 0.2) is 0 Å². The molecule has 3 N–H and O–H groups in total. The summed E-state index contributed by atoms with van der Waals surface area (Å²) in [4.78, 5) is 12.7. The van der Waals surface area contributed by atoms with Crippen LogP contribution in [-0.2, 0) is 0 Å². The van der Waals surface area contributed by atoms with Crippen molar-refractivity contribution in [2.75, 3.05) is 43.1 Å². The third-order valence-electron chi connectivity index (χ3n) is 3.12. The van der Waals surface area contributed by atoms with Gasteiger partial charge in [0.1, 0.15) is 5.69 Å². The maximum Gasteiger partial charge on any atom is 0.294 e. The van der Waals surface area contributed by atoms with E-state index in [1.165, 1.54) is 6.07 Å². The molecule has 0 saturated carbocycles. The van der Waals surface area contributed by atoms with Crippen molar-refractivity contribution in [3.05, 3.63) is 28.3 Å². The highest BCUT2D eigenvalue weighted by Gasteiger charge is 2.16. The number of nitrogens with zero attached hydrogens (tertiary/aromatic N) is 2. The van der Waals surface area contributed by atoms with Crippen LogP contribution >= 0.6 is 0 Å². The Labute approximate surface area is 124 Å². The normalized spacial score (nSPS) is 10.4. The van der Waals surface area contributed by atoms with Crippen LogP contribution in [0.5, 0.6) is 0 Å². The van der Waals surface area contributed by atoms with Crippen molar-refractivity contribution in [3.63, 3.8) is 0 Å². The number of nitrogens with one attached hydrogen (secondary N) is 1. The molecule has 1 aromatic carbocycles. The fraction of sp³-hybridized carbons (Fsp3) is 0.571. The summed E-state index contributed by atoms with van der Waals surface area (Å²) in [6, 6.07) is 4.93. The van der Waals surface area contributed by atoms with E-state index in [2.05, 4.69) is 12.2 Å². The van der Waals surface area contributed by atoms with Gasteiger partial charge in [0.25, 0.3) is 5.69 Å². The topological polar surface area (TPSA) is 98.9 Å². The number of aliphatic hydroxyl groups excluding tert-OH is 2. The van der Waals surface area contributed by atoms with Gasteiger partial charge in [0.05, 0.1) is 18.1 Å². The Bertz CT molecular complexity index is 454. The molecule has 0 saturated heterocycles. The van der Waals surface area contributed by atoms with Crippen LogP contribution in [0.15, 0.2) is 18.2 Å². The van der Waals surface area contributed by atoms with Crippen molar-refractivity contribution in [3.8, 4) is 0 Å². The summed E-state index contributed by atoms with van der Waals surface area (Å²) in [5.41, 5.74) is 1.08. The molecule has 21 heavy (non-hydrogen) atoms. The summed E-state index contributed by atoms with van der Waals surface area (Å²) < 4.78 is 0. The lowest BCUT2D eigenvalue weighted by Crippen LogP contribution is -2.27. The van der Waals surface area contributed by atoms with Crippen LogP contribution < -0.4 is 10.2 Å². The molecule has 0 fully saturated rings. The molecule has 1 aromatic rings. The maximum atomic E-state index is 11.2. The highest BCUT2D eigenvalue weighted by atomic mass is 16.6. The zero-order valence-corrected chi connectivity index (χ0v) is 12.3. The highest BCUT2D eigenvalue weighted by molar-refractivity contribution is 5.68. The number of benzene rings is 1. The lowest BCUT2D eigenvalue weighted by molar-refractivity contribution is -0.383. The number of nitro groups is 1. The summed E-state index contributed by atoms with van der Waals surface area (Å²) in [5.74, 6) is 0. The minimum absolute atomic E-state index is 0.00201. The van der Waals surface area contributed by atoms with E-state index in [0.29, 0.717) is 12.2 Å². The van der Waals surface area contributed by atoms with E-state index in [0.717, 1.165) is 25.1 Å². The Kier molecular flexibility index (Phi) is 7.49. The molecule has 118 valence electrons. The molecule has 0 bridgehead atoms. The number of aliphatic hydroxyl groups is 2. The molecule has 0 spiro atoms. The second kappa shape index (κ2) is 9.15. The molecule has 0 aliphatic rings. The van der Waals surface area contributed by atoms with E-state index in [4.69, 9.17) is 10.2 Å². The number of anilines is 2. The van der Waals surface area contributed by atoms with Crippen molar-refractivity contribution in [1.82, 2.24) is 0 Å². The van der Waals surface area contributed by atoms with Crippen LogP contribution in [0.4, 0.5) is 17.1 Å². The van der Waals surface area contributed by atoms with Crippen molar-refractivity contribution in [2.45, 2.75) is 19.8 Å². The number of unbranched alkanes of at least 4 members (excludes halogenated alkanes) is 1. The van der Waals surface area contributed by atoms with Gasteiger partial charge in [0.2, 0.25) is 0 Å². The van der Waals surface area contributed by atoms with Crippen LogP contribution in [0.25, 0.3) is 0 Å². The van der Waals surface area contributed by atoms with Crippen LogP contribution in [0.3, 0.4) is 0 Å². The predicted molar refractivity (Wildman–Crippen MR) is 82.9 cm³/mol. The van der Waals surface area contributed by atoms with Crippen LogP contribution in [-0.4, -0.2) is 48.0 Å². The Morgan fingerprint density at radius 2 is 2.05 bits per heavy atom. The first kappa shape index (κ1) is 17.2. The summed E-state index contributed by atoms with van der Waals surface area (Å²) in [5, 5.41) is 31.9. The number of hydrogen-bond acceptors (Lipinski definition) is 6. The molecule has 0 unspecified atom stereocenters. The van der Waals surface area contributed by atoms with Gasteiger partial charge >= 0.3 is 0 Å². The second-order valence-electron chi connectivity index (χ2n) is 4.67. The van der Waals surface area contributed by atoms with Gasteiger partial charge in [-0.25, -0.2) is 0 Å². The third kappa shape index (κ3) is 5.20. The van der Waals surface area contributed by atoms with Gasteiger partial charge < -0.3 is 20.4 Å². The largest absolute Gasteiger partial charge is 0.395 e. The van der Waals surface area contributed by atoms with E-state index < -0.39 is 4.92 Å². The monoisotopic (exact) mass is 297 g/mol. The molecule has 7 nitrogen and oxygen atoms in total. The minimum atomic E-state index is -0.444. The maximum absolute atomic E-state index is 11.2. The molecule has 0 amide bonds. The summed E-state index contributed by atoms with van der Waals surface area (Å²) in [7, 11) is 0. The van der Waals surface area contributed by atoms with Gasteiger partial charge in [-0.2, -0.15) is 0 Å². The SMILES string of the molecule is CCCCN(CCO)c1ccc(NCCO)c([N+](=O)[O-])c1. The first-order chi connectivity index (χ1) is 10.1. The summed E-state index contributed by atoms with van der Waals surface area (Å²) >= 11 is 0. The lowest BCUT2D eigenvalue weighted by Gasteiger charge is -2.24. The fourth-order valence-corrected chi connectivity index (χ4v) is 2.05. The van der Waals surface area contributed by atoms with E-state index in [1.54, 1.807) is 12.1 Å². The fourth-order valence-electron chi connectivity index (χ4n) is 2.05. The van der Waals surface area contributed by atoms with Crippen LogP contribution in [0, 0.1) is 10.1 Å². The molecule has 0 aliphatic heterocycles. The highest BCUT2D eigenvalue weighted by Crippen LogP contribution is 2.29. The zero-order valence-electron chi connectivity index (χ0n) is 12.3. The van der Waals surface area contributed by atoms with Gasteiger partial charge in [-0.3, -0.25) is 10.1 Å². The van der Waals surface area contributed by atoms with E-state index in [-0.39, 0.29) is 25.4 Å². The Balaban J connectivity index is 3.00. The Morgan fingerprint density at radius 3 is 2.62 bits per heavy atom. The van der Waals surface area contributed by atoms with Crippen molar-refractivity contribution >= 4 is 17.1 Å². The van der Waals surface area contributed by atoms with Crippen molar-refractivity contribution in [2.24, 2.45) is 0 Å². The zero-order chi connectivity index (χ0) is 15.7. The van der Waals surface area contributed by atoms with Gasteiger partial charge in [-0.05, 0) is 18.6 Å².